The quantitative estimate of drug-likeness (QED) is 0.583. The van der Waals surface area contributed by atoms with Crippen molar-refractivity contribution in [2.75, 3.05) is 18.8 Å². The van der Waals surface area contributed by atoms with Gasteiger partial charge < -0.3 is 4.90 Å². The summed E-state index contributed by atoms with van der Waals surface area (Å²) in [5.41, 5.74) is 1.51. The maximum absolute atomic E-state index is 13.4. The highest BCUT2D eigenvalue weighted by atomic mass is 32.2. The molecule has 0 aliphatic carbocycles. The molecule has 6 nitrogen and oxygen atoms in total. The van der Waals surface area contributed by atoms with E-state index in [1.165, 1.54) is 23.9 Å². The van der Waals surface area contributed by atoms with E-state index in [9.17, 15) is 9.18 Å². The van der Waals surface area contributed by atoms with E-state index >= 15 is 0 Å². The van der Waals surface area contributed by atoms with Crippen LogP contribution in [-0.4, -0.2) is 49.4 Å². The lowest BCUT2D eigenvalue weighted by Crippen LogP contribution is -2.31. The van der Waals surface area contributed by atoms with Crippen LogP contribution in [0.1, 0.15) is 13.8 Å². The zero-order valence-corrected chi connectivity index (χ0v) is 16.0. The second-order valence-electron chi connectivity index (χ2n) is 5.71. The van der Waals surface area contributed by atoms with Crippen LogP contribution in [0.15, 0.2) is 53.9 Å². The van der Waals surface area contributed by atoms with Crippen molar-refractivity contribution in [1.82, 2.24) is 24.6 Å². The van der Waals surface area contributed by atoms with Crippen molar-refractivity contribution in [2.24, 2.45) is 0 Å². The van der Waals surface area contributed by atoms with Crippen molar-refractivity contribution < 1.29 is 9.18 Å². The predicted octanol–water partition coefficient (Wildman–Crippen LogP) is 3.43. The molecule has 140 valence electrons. The summed E-state index contributed by atoms with van der Waals surface area (Å²) >= 11 is 1.31. The molecule has 27 heavy (non-hydrogen) atoms. The van der Waals surface area contributed by atoms with Gasteiger partial charge in [0.1, 0.15) is 5.82 Å². The van der Waals surface area contributed by atoms with Crippen LogP contribution < -0.4 is 0 Å². The van der Waals surface area contributed by atoms with Gasteiger partial charge in [-0.15, -0.1) is 10.2 Å². The first-order chi connectivity index (χ1) is 13.1. The van der Waals surface area contributed by atoms with Gasteiger partial charge >= 0.3 is 0 Å². The molecule has 0 saturated heterocycles. The van der Waals surface area contributed by atoms with Crippen molar-refractivity contribution in [3.63, 3.8) is 0 Å². The summed E-state index contributed by atoms with van der Waals surface area (Å²) in [6.45, 7) is 5.24. The molecule has 0 unspecified atom stereocenters. The first-order valence-electron chi connectivity index (χ1n) is 8.66. The Balaban J connectivity index is 1.95. The number of carbonyl (C=O) groups is 1. The number of nitrogens with zero attached hydrogens (tertiary/aromatic N) is 5. The number of benzene rings is 1. The minimum atomic E-state index is -0.319. The largest absolute Gasteiger partial charge is 0.343 e. The Labute approximate surface area is 161 Å². The molecule has 0 aliphatic heterocycles. The van der Waals surface area contributed by atoms with Gasteiger partial charge in [-0.3, -0.25) is 14.3 Å². The standard InChI is InChI=1S/C19H20FN5OS/c1-3-24(4-2)17(26)13-27-19-23-22-18(14-6-5-11-21-12-14)25(19)16-9-7-15(20)8-10-16/h5-12H,3-4,13H2,1-2H3. The Morgan fingerprint density at radius 3 is 2.52 bits per heavy atom. The minimum absolute atomic E-state index is 0.0431. The lowest BCUT2D eigenvalue weighted by molar-refractivity contribution is -0.127. The average molecular weight is 385 g/mol. The molecular formula is C19H20FN5OS. The Morgan fingerprint density at radius 1 is 1.15 bits per heavy atom. The average Bonchev–Trinajstić information content (AvgIpc) is 3.12. The van der Waals surface area contributed by atoms with Crippen LogP contribution >= 0.6 is 11.8 Å². The van der Waals surface area contributed by atoms with Gasteiger partial charge in [0, 0.05) is 36.7 Å². The Morgan fingerprint density at radius 2 is 1.89 bits per heavy atom. The summed E-state index contributed by atoms with van der Waals surface area (Å²) in [4.78, 5) is 18.2. The number of carbonyl (C=O) groups excluding carboxylic acids is 1. The molecule has 2 heterocycles. The van der Waals surface area contributed by atoms with E-state index in [1.54, 1.807) is 29.4 Å². The molecule has 1 aromatic carbocycles. The van der Waals surface area contributed by atoms with Crippen molar-refractivity contribution in [1.29, 1.82) is 0 Å². The Kier molecular flexibility index (Phi) is 6.18. The Hall–Kier alpha value is -2.74. The summed E-state index contributed by atoms with van der Waals surface area (Å²) < 4.78 is 15.2. The molecule has 3 aromatic rings. The van der Waals surface area contributed by atoms with E-state index in [0.717, 1.165) is 11.3 Å². The number of hydrogen-bond donors (Lipinski definition) is 0. The zero-order chi connectivity index (χ0) is 19.2. The highest BCUT2D eigenvalue weighted by Crippen LogP contribution is 2.27. The van der Waals surface area contributed by atoms with Gasteiger partial charge in [0.25, 0.3) is 0 Å². The number of aromatic nitrogens is 4. The number of rotatable bonds is 7. The molecule has 0 fully saturated rings. The van der Waals surface area contributed by atoms with Crippen LogP contribution in [0.5, 0.6) is 0 Å². The highest BCUT2D eigenvalue weighted by Gasteiger charge is 2.18. The summed E-state index contributed by atoms with van der Waals surface area (Å²) in [6.07, 6.45) is 3.38. The fraction of sp³-hybridized carbons (Fsp3) is 0.263. The van der Waals surface area contributed by atoms with E-state index in [-0.39, 0.29) is 17.5 Å². The Bertz CT molecular complexity index is 894. The topological polar surface area (TPSA) is 63.9 Å². The zero-order valence-electron chi connectivity index (χ0n) is 15.2. The van der Waals surface area contributed by atoms with Crippen molar-refractivity contribution in [3.8, 4) is 17.1 Å². The van der Waals surface area contributed by atoms with E-state index in [2.05, 4.69) is 15.2 Å². The van der Waals surface area contributed by atoms with E-state index in [0.29, 0.717) is 24.1 Å². The van der Waals surface area contributed by atoms with Crippen LogP contribution in [0.2, 0.25) is 0 Å². The van der Waals surface area contributed by atoms with E-state index in [1.807, 2.05) is 30.5 Å². The molecule has 0 radical (unpaired) electrons. The lowest BCUT2D eigenvalue weighted by atomic mass is 10.2. The first-order valence-corrected chi connectivity index (χ1v) is 9.65. The molecule has 0 spiro atoms. The lowest BCUT2D eigenvalue weighted by Gasteiger charge is -2.18. The van der Waals surface area contributed by atoms with Crippen LogP contribution in [-0.2, 0) is 4.79 Å². The van der Waals surface area contributed by atoms with Gasteiger partial charge in [-0.1, -0.05) is 11.8 Å². The summed E-state index contributed by atoms with van der Waals surface area (Å²) in [5, 5.41) is 9.11. The summed E-state index contributed by atoms with van der Waals surface area (Å²) in [6, 6.07) is 9.79. The van der Waals surface area contributed by atoms with Gasteiger partial charge in [-0.25, -0.2) is 4.39 Å². The second-order valence-corrected chi connectivity index (χ2v) is 6.66. The third-order valence-corrected chi connectivity index (χ3v) is 4.99. The number of pyridine rings is 1. The highest BCUT2D eigenvalue weighted by molar-refractivity contribution is 7.99. The third-order valence-electron chi connectivity index (χ3n) is 4.08. The normalized spacial score (nSPS) is 10.8. The molecule has 1 amide bonds. The predicted molar refractivity (Wildman–Crippen MR) is 103 cm³/mol. The molecule has 3 rings (SSSR count). The van der Waals surface area contributed by atoms with Gasteiger partial charge in [0.2, 0.25) is 5.91 Å². The van der Waals surface area contributed by atoms with E-state index in [4.69, 9.17) is 0 Å². The molecule has 8 heteroatoms. The number of halogens is 1. The van der Waals surface area contributed by atoms with Crippen LogP contribution in [0.25, 0.3) is 17.1 Å². The molecular weight excluding hydrogens is 365 g/mol. The van der Waals surface area contributed by atoms with Gasteiger partial charge in [-0.2, -0.15) is 0 Å². The fourth-order valence-electron chi connectivity index (χ4n) is 2.66. The van der Waals surface area contributed by atoms with Crippen LogP contribution in [0, 0.1) is 5.82 Å². The molecule has 0 saturated carbocycles. The van der Waals surface area contributed by atoms with Crippen molar-refractivity contribution in [2.45, 2.75) is 19.0 Å². The van der Waals surface area contributed by atoms with Gasteiger partial charge in [-0.05, 0) is 50.2 Å². The molecule has 2 aromatic heterocycles. The molecule has 0 aliphatic rings. The molecule has 0 atom stereocenters. The van der Waals surface area contributed by atoms with Crippen molar-refractivity contribution >= 4 is 17.7 Å². The minimum Gasteiger partial charge on any atom is -0.343 e. The summed E-state index contributed by atoms with van der Waals surface area (Å²) in [7, 11) is 0. The van der Waals surface area contributed by atoms with Gasteiger partial charge in [0.05, 0.1) is 5.75 Å². The van der Waals surface area contributed by atoms with Crippen LogP contribution in [0.3, 0.4) is 0 Å². The smallest absolute Gasteiger partial charge is 0.233 e. The first kappa shape index (κ1) is 19.0. The van der Waals surface area contributed by atoms with Crippen molar-refractivity contribution in [3.05, 3.63) is 54.6 Å². The van der Waals surface area contributed by atoms with Gasteiger partial charge in [0.15, 0.2) is 11.0 Å². The SMILES string of the molecule is CCN(CC)C(=O)CSc1nnc(-c2cccnc2)n1-c1ccc(F)cc1. The monoisotopic (exact) mass is 385 g/mol. The molecule has 0 bridgehead atoms. The number of amides is 1. The fourth-order valence-corrected chi connectivity index (χ4v) is 3.52. The maximum Gasteiger partial charge on any atom is 0.233 e. The third kappa shape index (κ3) is 4.33. The second kappa shape index (κ2) is 8.77. The number of hydrogen-bond acceptors (Lipinski definition) is 5. The maximum atomic E-state index is 13.4. The van der Waals surface area contributed by atoms with E-state index < -0.39 is 0 Å². The number of thioether (sulfide) groups is 1. The van der Waals surface area contributed by atoms with Crippen LogP contribution in [0.4, 0.5) is 4.39 Å². The summed E-state index contributed by atoms with van der Waals surface area (Å²) in [5.74, 6) is 0.573. The molecule has 0 N–H and O–H groups in total.